The van der Waals surface area contributed by atoms with Crippen LogP contribution < -0.4 is 5.73 Å². The molecule has 1 heterocycles. The first kappa shape index (κ1) is 13.5. The van der Waals surface area contributed by atoms with Gasteiger partial charge in [0.15, 0.2) is 5.84 Å². The molecule has 0 aliphatic rings. The lowest BCUT2D eigenvalue weighted by atomic mass is 10.1. The van der Waals surface area contributed by atoms with Crippen molar-refractivity contribution < 1.29 is 10.0 Å². The van der Waals surface area contributed by atoms with Crippen LogP contribution in [0, 0.1) is 5.92 Å². The van der Waals surface area contributed by atoms with Crippen LogP contribution in [0.5, 0.6) is 0 Å². The number of oxime groups is 1. The largest absolute Gasteiger partial charge is 0.409 e. The first-order chi connectivity index (χ1) is 8.06. The summed E-state index contributed by atoms with van der Waals surface area (Å²) in [5.74, 6) is -0.789. The Bertz CT molecular complexity index is 389. The number of carbonyl (C=O) groups excluding carboxylic acids is 1. The van der Waals surface area contributed by atoms with Gasteiger partial charge in [0.25, 0.3) is 0 Å². The van der Waals surface area contributed by atoms with Gasteiger partial charge >= 0.3 is 0 Å². The molecule has 1 atom stereocenters. The summed E-state index contributed by atoms with van der Waals surface area (Å²) < 4.78 is 0. The maximum Gasteiger partial charge on any atom is 0.232 e. The molecule has 17 heavy (non-hydrogen) atoms. The van der Waals surface area contributed by atoms with E-state index in [1.54, 1.807) is 30.2 Å². The second-order valence-corrected chi connectivity index (χ2v) is 4.87. The third-order valence-electron chi connectivity index (χ3n) is 2.58. The Kier molecular flexibility index (Phi) is 4.96. The van der Waals surface area contributed by atoms with Crippen LogP contribution in [0.25, 0.3) is 0 Å². The number of hydrogen-bond donors (Lipinski definition) is 2. The molecule has 0 aliphatic heterocycles. The summed E-state index contributed by atoms with van der Waals surface area (Å²) in [5, 5.41) is 13.4. The molecular weight excluding hydrogens is 238 g/mol. The van der Waals surface area contributed by atoms with E-state index in [4.69, 9.17) is 10.9 Å². The smallest absolute Gasteiger partial charge is 0.232 e. The van der Waals surface area contributed by atoms with Crippen molar-refractivity contribution in [3.63, 3.8) is 0 Å². The lowest BCUT2D eigenvalue weighted by molar-refractivity contribution is -0.131. The standard InChI is InChI=1S/C11H17N3O2S/c1-8(10(12)13-16)11(15)14(2)6-5-9-4-3-7-17-9/h3-4,7-8,16H,5-6H2,1-2H3,(H2,12,13). The Morgan fingerprint density at radius 2 is 2.41 bits per heavy atom. The summed E-state index contributed by atoms with van der Waals surface area (Å²) in [7, 11) is 1.72. The maximum atomic E-state index is 11.9. The van der Waals surface area contributed by atoms with Crippen LogP contribution in [0.1, 0.15) is 11.8 Å². The molecule has 1 aromatic heterocycles. The van der Waals surface area contributed by atoms with Crippen LogP contribution in [-0.4, -0.2) is 35.4 Å². The fourth-order valence-electron chi connectivity index (χ4n) is 1.39. The Morgan fingerprint density at radius 1 is 1.71 bits per heavy atom. The quantitative estimate of drug-likeness (QED) is 0.358. The molecule has 3 N–H and O–H groups in total. The van der Waals surface area contributed by atoms with Crippen molar-refractivity contribution in [2.45, 2.75) is 13.3 Å². The van der Waals surface area contributed by atoms with E-state index >= 15 is 0 Å². The summed E-state index contributed by atoms with van der Waals surface area (Å²) in [5.41, 5.74) is 5.40. The highest BCUT2D eigenvalue weighted by Gasteiger charge is 2.21. The topological polar surface area (TPSA) is 78.9 Å². The number of rotatable bonds is 5. The summed E-state index contributed by atoms with van der Waals surface area (Å²) in [6.07, 6.45) is 0.822. The normalized spacial score (nSPS) is 13.4. The average molecular weight is 255 g/mol. The molecule has 0 saturated heterocycles. The van der Waals surface area contributed by atoms with Crippen LogP contribution in [-0.2, 0) is 11.2 Å². The van der Waals surface area contributed by atoms with E-state index in [9.17, 15) is 4.79 Å². The second kappa shape index (κ2) is 6.24. The maximum absolute atomic E-state index is 11.9. The Balaban J connectivity index is 2.47. The van der Waals surface area contributed by atoms with Gasteiger partial charge in [-0.05, 0) is 24.8 Å². The molecule has 1 rings (SSSR count). The van der Waals surface area contributed by atoms with Gasteiger partial charge < -0.3 is 15.8 Å². The molecule has 94 valence electrons. The molecule has 0 aliphatic carbocycles. The zero-order valence-electron chi connectivity index (χ0n) is 9.96. The lowest BCUT2D eigenvalue weighted by Gasteiger charge is -2.20. The molecule has 1 unspecified atom stereocenters. The fourth-order valence-corrected chi connectivity index (χ4v) is 2.08. The summed E-state index contributed by atoms with van der Waals surface area (Å²) >= 11 is 1.67. The minimum Gasteiger partial charge on any atom is -0.409 e. The van der Waals surface area contributed by atoms with Gasteiger partial charge in [0.2, 0.25) is 5.91 Å². The van der Waals surface area contributed by atoms with Gasteiger partial charge in [-0.25, -0.2) is 0 Å². The number of amidine groups is 1. The molecule has 1 aromatic rings. The summed E-state index contributed by atoms with van der Waals surface area (Å²) in [6, 6.07) is 4.02. The number of amides is 1. The van der Waals surface area contributed by atoms with Crippen molar-refractivity contribution in [2.75, 3.05) is 13.6 Å². The summed E-state index contributed by atoms with van der Waals surface area (Å²) in [4.78, 5) is 14.7. The molecule has 5 nitrogen and oxygen atoms in total. The monoisotopic (exact) mass is 255 g/mol. The van der Waals surface area contributed by atoms with Crippen molar-refractivity contribution >= 4 is 23.1 Å². The lowest BCUT2D eigenvalue weighted by Crippen LogP contribution is -2.39. The fraction of sp³-hybridized carbons (Fsp3) is 0.455. The van der Waals surface area contributed by atoms with Crippen LogP contribution in [0.4, 0.5) is 0 Å². The number of nitrogens with two attached hydrogens (primary N) is 1. The van der Waals surface area contributed by atoms with Crippen molar-refractivity contribution in [2.24, 2.45) is 16.8 Å². The van der Waals surface area contributed by atoms with Gasteiger partial charge in [-0.1, -0.05) is 11.2 Å². The molecular formula is C11H17N3O2S. The third kappa shape index (κ3) is 3.74. The molecule has 0 spiro atoms. The van der Waals surface area contributed by atoms with Crippen molar-refractivity contribution in [1.29, 1.82) is 0 Å². The Hall–Kier alpha value is -1.56. The minimum atomic E-state index is -0.590. The van der Waals surface area contributed by atoms with E-state index in [2.05, 4.69) is 5.16 Å². The van der Waals surface area contributed by atoms with Crippen molar-refractivity contribution in [1.82, 2.24) is 4.90 Å². The average Bonchev–Trinajstić information content (AvgIpc) is 2.86. The highest BCUT2D eigenvalue weighted by atomic mass is 32.1. The zero-order valence-corrected chi connectivity index (χ0v) is 10.8. The number of likely N-dealkylation sites (N-methyl/N-ethyl adjacent to an activating group) is 1. The first-order valence-electron chi connectivity index (χ1n) is 5.31. The van der Waals surface area contributed by atoms with E-state index in [-0.39, 0.29) is 11.7 Å². The van der Waals surface area contributed by atoms with E-state index in [1.165, 1.54) is 4.88 Å². The second-order valence-electron chi connectivity index (χ2n) is 3.84. The van der Waals surface area contributed by atoms with E-state index < -0.39 is 5.92 Å². The van der Waals surface area contributed by atoms with E-state index in [0.29, 0.717) is 6.54 Å². The SMILES string of the molecule is CC(C(=O)N(C)CCc1cccs1)C(N)=NO. The molecule has 0 radical (unpaired) electrons. The van der Waals surface area contributed by atoms with Crippen LogP contribution in [0.3, 0.4) is 0 Å². The van der Waals surface area contributed by atoms with Gasteiger partial charge in [0.1, 0.15) is 0 Å². The molecule has 6 heteroatoms. The number of nitrogens with zero attached hydrogens (tertiary/aromatic N) is 2. The Morgan fingerprint density at radius 3 is 2.94 bits per heavy atom. The molecule has 0 saturated carbocycles. The van der Waals surface area contributed by atoms with Gasteiger partial charge in [-0.3, -0.25) is 4.79 Å². The molecule has 0 bridgehead atoms. The van der Waals surface area contributed by atoms with Crippen molar-refractivity contribution in [3.8, 4) is 0 Å². The molecule has 0 aromatic carbocycles. The van der Waals surface area contributed by atoms with E-state index in [1.807, 2.05) is 17.5 Å². The highest BCUT2D eigenvalue weighted by Crippen LogP contribution is 2.10. The number of carbonyl (C=O) groups is 1. The third-order valence-corrected chi connectivity index (χ3v) is 3.52. The van der Waals surface area contributed by atoms with Gasteiger partial charge in [0.05, 0.1) is 5.92 Å². The Labute approximate surface area is 105 Å². The van der Waals surface area contributed by atoms with Crippen molar-refractivity contribution in [3.05, 3.63) is 22.4 Å². The zero-order chi connectivity index (χ0) is 12.8. The highest BCUT2D eigenvalue weighted by molar-refractivity contribution is 7.09. The van der Waals surface area contributed by atoms with Gasteiger partial charge in [-0.15, -0.1) is 11.3 Å². The predicted octanol–water partition coefficient (Wildman–Crippen LogP) is 1.13. The van der Waals surface area contributed by atoms with Gasteiger partial charge in [-0.2, -0.15) is 0 Å². The first-order valence-corrected chi connectivity index (χ1v) is 6.19. The number of hydrogen-bond acceptors (Lipinski definition) is 4. The minimum absolute atomic E-state index is 0.0574. The molecule has 0 fully saturated rings. The van der Waals surface area contributed by atoms with Crippen LogP contribution >= 0.6 is 11.3 Å². The van der Waals surface area contributed by atoms with Crippen LogP contribution in [0.15, 0.2) is 22.7 Å². The van der Waals surface area contributed by atoms with Gasteiger partial charge in [0, 0.05) is 18.5 Å². The van der Waals surface area contributed by atoms with E-state index in [0.717, 1.165) is 6.42 Å². The molecule has 1 amide bonds. The van der Waals surface area contributed by atoms with Crippen LogP contribution in [0.2, 0.25) is 0 Å². The predicted molar refractivity (Wildman–Crippen MR) is 68.2 cm³/mol. The number of thiophene rings is 1. The summed E-state index contributed by atoms with van der Waals surface area (Å²) in [6.45, 7) is 2.25.